The van der Waals surface area contributed by atoms with Crippen LogP contribution in [0.5, 0.6) is 17.2 Å². The Morgan fingerprint density at radius 3 is 2.32 bits per heavy atom. The smallest absolute Gasteiger partial charge is 0.416 e. The van der Waals surface area contributed by atoms with Crippen LogP contribution >= 0.6 is 11.8 Å². The molecule has 1 aliphatic heterocycles. The highest BCUT2D eigenvalue weighted by Crippen LogP contribution is 2.49. The van der Waals surface area contributed by atoms with Crippen LogP contribution in [0.1, 0.15) is 22.8 Å². The second-order valence-corrected chi connectivity index (χ2v) is 9.59. The minimum Gasteiger partial charge on any atom is -0.493 e. The number of alkyl halides is 3. The summed E-state index contributed by atoms with van der Waals surface area (Å²) < 4.78 is 55.5. The van der Waals surface area contributed by atoms with Gasteiger partial charge in [0.05, 0.1) is 32.6 Å². The van der Waals surface area contributed by atoms with E-state index in [0.29, 0.717) is 22.9 Å². The molecule has 3 aromatic rings. The number of fused-ring (bicyclic) bond motifs is 1. The number of halogens is 3. The highest BCUT2D eigenvalue weighted by Gasteiger charge is 2.33. The number of methoxy groups -OCH3 is 3. The summed E-state index contributed by atoms with van der Waals surface area (Å²) >= 11 is 1.45. The third-order valence-corrected chi connectivity index (χ3v) is 7.24. The standard InChI is InChI=1S/C27H25F3N2O5S/c1-35-20-11-16(12-21(36-2)26(20)37-3)23-14-25(34)32(19-9-4-5-10-22(19)38-23)15-24(33)31-18-8-6-7-17(13-18)27(28,29)30/h4-13,23H,14-15H2,1-3H3,(H,31,33)/t23-/m1/s1. The molecule has 1 atom stereocenters. The number of nitrogens with one attached hydrogen (secondary N) is 1. The van der Waals surface area contributed by atoms with Crippen molar-refractivity contribution in [3.63, 3.8) is 0 Å². The molecule has 0 radical (unpaired) electrons. The molecule has 0 saturated carbocycles. The molecule has 0 spiro atoms. The monoisotopic (exact) mass is 546 g/mol. The summed E-state index contributed by atoms with van der Waals surface area (Å²) in [5, 5.41) is 2.13. The maximum Gasteiger partial charge on any atom is 0.416 e. The number of para-hydroxylation sites is 1. The fourth-order valence-electron chi connectivity index (χ4n) is 4.14. The van der Waals surface area contributed by atoms with E-state index in [0.717, 1.165) is 22.6 Å². The predicted molar refractivity (Wildman–Crippen MR) is 138 cm³/mol. The Morgan fingerprint density at radius 2 is 1.68 bits per heavy atom. The van der Waals surface area contributed by atoms with E-state index in [9.17, 15) is 22.8 Å². The van der Waals surface area contributed by atoms with E-state index >= 15 is 0 Å². The van der Waals surface area contributed by atoms with Gasteiger partial charge in [-0.3, -0.25) is 9.59 Å². The molecular formula is C27H25F3N2O5S. The molecule has 0 aromatic heterocycles. The molecule has 38 heavy (non-hydrogen) atoms. The summed E-state index contributed by atoms with van der Waals surface area (Å²) in [6.45, 7) is -0.366. The third-order valence-electron chi connectivity index (χ3n) is 5.92. The molecule has 11 heteroatoms. The first-order chi connectivity index (χ1) is 18.1. The second kappa shape index (κ2) is 11.3. The molecule has 0 aliphatic carbocycles. The van der Waals surface area contributed by atoms with E-state index in [1.165, 1.54) is 50.1 Å². The van der Waals surface area contributed by atoms with Crippen LogP contribution in [0.3, 0.4) is 0 Å². The number of rotatable bonds is 7. The Morgan fingerprint density at radius 1 is 1.00 bits per heavy atom. The number of amides is 2. The number of carbonyl (C=O) groups is 2. The van der Waals surface area contributed by atoms with E-state index in [-0.39, 0.29) is 29.8 Å². The lowest BCUT2D eigenvalue weighted by Crippen LogP contribution is -2.38. The Kier molecular flexibility index (Phi) is 8.05. The molecule has 1 N–H and O–H groups in total. The minimum atomic E-state index is -4.54. The van der Waals surface area contributed by atoms with Gasteiger partial charge >= 0.3 is 6.18 Å². The quantitative estimate of drug-likeness (QED) is 0.395. The molecule has 2 amide bonds. The van der Waals surface area contributed by atoms with Gasteiger partial charge in [-0.1, -0.05) is 18.2 Å². The van der Waals surface area contributed by atoms with Gasteiger partial charge in [-0.25, -0.2) is 0 Å². The van der Waals surface area contributed by atoms with Gasteiger partial charge in [-0.15, -0.1) is 11.8 Å². The van der Waals surface area contributed by atoms with Gasteiger partial charge < -0.3 is 24.4 Å². The van der Waals surface area contributed by atoms with Crippen molar-refractivity contribution in [3.05, 3.63) is 71.8 Å². The summed E-state index contributed by atoms with van der Waals surface area (Å²) in [5.74, 6) is 0.385. The number of carbonyl (C=O) groups excluding carboxylic acids is 2. The van der Waals surface area contributed by atoms with Gasteiger partial charge in [-0.2, -0.15) is 13.2 Å². The van der Waals surface area contributed by atoms with Crippen LogP contribution in [0, 0.1) is 0 Å². The van der Waals surface area contributed by atoms with E-state index in [1.807, 2.05) is 12.1 Å². The number of hydrogen-bond donors (Lipinski definition) is 1. The van der Waals surface area contributed by atoms with Gasteiger partial charge in [0.15, 0.2) is 11.5 Å². The van der Waals surface area contributed by atoms with E-state index in [1.54, 1.807) is 24.3 Å². The maximum atomic E-state index is 13.5. The van der Waals surface area contributed by atoms with E-state index < -0.39 is 17.6 Å². The van der Waals surface area contributed by atoms with Crippen LogP contribution in [0.2, 0.25) is 0 Å². The van der Waals surface area contributed by atoms with Gasteiger partial charge in [-0.05, 0) is 48.0 Å². The first-order valence-corrected chi connectivity index (χ1v) is 12.4. The van der Waals surface area contributed by atoms with Crippen molar-refractivity contribution in [3.8, 4) is 17.2 Å². The summed E-state index contributed by atoms with van der Waals surface area (Å²) in [6, 6.07) is 15.1. The topological polar surface area (TPSA) is 77.1 Å². The molecule has 0 unspecified atom stereocenters. The molecule has 1 aliphatic rings. The van der Waals surface area contributed by atoms with Gasteiger partial charge in [0.2, 0.25) is 17.6 Å². The highest BCUT2D eigenvalue weighted by molar-refractivity contribution is 7.99. The molecule has 7 nitrogen and oxygen atoms in total. The largest absolute Gasteiger partial charge is 0.493 e. The fraction of sp³-hybridized carbons (Fsp3) is 0.259. The van der Waals surface area contributed by atoms with Gasteiger partial charge in [0, 0.05) is 22.3 Å². The lowest BCUT2D eigenvalue weighted by Gasteiger charge is -2.22. The van der Waals surface area contributed by atoms with E-state index in [2.05, 4.69) is 5.32 Å². The van der Waals surface area contributed by atoms with Crippen LogP contribution in [0.25, 0.3) is 0 Å². The number of ether oxygens (including phenoxy) is 3. The van der Waals surface area contributed by atoms with Gasteiger partial charge in [0.25, 0.3) is 0 Å². The molecule has 200 valence electrons. The zero-order valence-electron chi connectivity index (χ0n) is 20.8. The molecule has 0 bridgehead atoms. The molecule has 3 aromatic carbocycles. The summed E-state index contributed by atoms with van der Waals surface area (Å²) in [6.07, 6.45) is -4.49. The molecular weight excluding hydrogens is 521 g/mol. The molecule has 0 fully saturated rings. The zero-order valence-corrected chi connectivity index (χ0v) is 21.6. The summed E-state index contributed by atoms with van der Waals surface area (Å²) in [4.78, 5) is 28.4. The number of nitrogens with zero attached hydrogens (tertiary/aromatic N) is 1. The first kappa shape index (κ1) is 27.2. The lowest BCUT2D eigenvalue weighted by atomic mass is 10.1. The summed E-state index contributed by atoms with van der Waals surface area (Å²) in [7, 11) is 4.52. The van der Waals surface area contributed by atoms with Crippen molar-refractivity contribution < 1.29 is 37.0 Å². The molecule has 0 saturated heterocycles. The van der Waals surface area contributed by atoms with Crippen LogP contribution in [-0.4, -0.2) is 39.7 Å². The number of hydrogen-bond acceptors (Lipinski definition) is 6. The van der Waals surface area contributed by atoms with Crippen molar-refractivity contribution in [1.29, 1.82) is 0 Å². The number of benzene rings is 3. The average molecular weight is 547 g/mol. The van der Waals surface area contributed by atoms with Gasteiger partial charge in [0.1, 0.15) is 6.54 Å². The van der Waals surface area contributed by atoms with Crippen LogP contribution in [0.15, 0.2) is 65.6 Å². The molecule has 4 rings (SSSR count). The van der Waals surface area contributed by atoms with Crippen molar-refractivity contribution in [2.75, 3.05) is 38.1 Å². The number of anilines is 2. The van der Waals surface area contributed by atoms with E-state index in [4.69, 9.17) is 14.2 Å². The van der Waals surface area contributed by atoms with Crippen molar-refractivity contribution >= 4 is 35.0 Å². The predicted octanol–water partition coefficient (Wildman–Crippen LogP) is 5.94. The van der Waals surface area contributed by atoms with Crippen molar-refractivity contribution in [1.82, 2.24) is 0 Å². The average Bonchev–Trinajstić information content (AvgIpc) is 3.03. The Bertz CT molecular complexity index is 1320. The normalized spacial score (nSPS) is 15.4. The van der Waals surface area contributed by atoms with Crippen molar-refractivity contribution in [2.45, 2.75) is 22.7 Å². The zero-order chi connectivity index (χ0) is 27.4. The van der Waals surface area contributed by atoms with Crippen molar-refractivity contribution in [2.24, 2.45) is 0 Å². The first-order valence-electron chi connectivity index (χ1n) is 11.5. The minimum absolute atomic E-state index is 0.00921. The van der Waals surface area contributed by atoms with Crippen LogP contribution in [0.4, 0.5) is 24.5 Å². The fourth-order valence-corrected chi connectivity index (χ4v) is 5.40. The summed E-state index contributed by atoms with van der Waals surface area (Å²) in [5.41, 5.74) is 0.417. The third kappa shape index (κ3) is 5.83. The molecule has 1 heterocycles. The highest BCUT2D eigenvalue weighted by atomic mass is 32.2. The Labute approximate surface area is 221 Å². The number of thioether (sulfide) groups is 1. The van der Waals surface area contributed by atoms with Crippen LogP contribution < -0.4 is 24.4 Å². The Hall–Kier alpha value is -3.86. The second-order valence-electron chi connectivity index (χ2n) is 8.34. The maximum absolute atomic E-state index is 13.5. The Balaban J connectivity index is 1.61. The lowest BCUT2D eigenvalue weighted by molar-refractivity contribution is -0.137. The SMILES string of the molecule is COc1cc([C@H]2CC(=O)N(CC(=O)Nc3cccc(C(F)(F)F)c3)c3ccccc3S2)cc(OC)c1OC. The van der Waals surface area contributed by atoms with Crippen LogP contribution in [-0.2, 0) is 15.8 Å².